The minimum absolute atomic E-state index is 0.107. The Hall–Kier alpha value is -3.28. The van der Waals surface area contributed by atoms with E-state index in [9.17, 15) is 23.5 Å². The van der Waals surface area contributed by atoms with E-state index in [1.807, 2.05) is 0 Å². The summed E-state index contributed by atoms with van der Waals surface area (Å²) < 4.78 is 32.0. The van der Waals surface area contributed by atoms with Gasteiger partial charge in [0.05, 0.1) is 11.8 Å². The van der Waals surface area contributed by atoms with E-state index in [4.69, 9.17) is 4.42 Å². The van der Waals surface area contributed by atoms with Gasteiger partial charge in [-0.2, -0.15) is 0 Å². The predicted molar refractivity (Wildman–Crippen MR) is 93.8 cm³/mol. The highest BCUT2D eigenvalue weighted by molar-refractivity contribution is 6.00. The highest BCUT2D eigenvalue weighted by Gasteiger charge is 2.24. The van der Waals surface area contributed by atoms with E-state index in [0.29, 0.717) is 5.56 Å². The minimum Gasteiger partial charge on any atom is -0.507 e. The summed E-state index contributed by atoms with van der Waals surface area (Å²) in [7, 11) is 0. The molecule has 0 bridgehead atoms. The van der Waals surface area contributed by atoms with Crippen LogP contribution in [0, 0.1) is 11.6 Å². The van der Waals surface area contributed by atoms with Crippen molar-refractivity contribution in [3.05, 3.63) is 89.4 Å². The minimum atomic E-state index is -1.06. The molecule has 0 radical (unpaired) electrons. The summed E-state index contributed by atoms with van der Waals surface area (Å²) in [6, 6.07) is 12.4. The Bertz CT molecular complexity index is 964. The molecule has 0 aliphatic carbocycles. The number of phenolic OH excluding ortho intramolecular Hbond substituents is 1. The Balaban J connectivity index is 1.89. The van der Waals surface area contributed by atoms with Crippen molar-refractivity contribution in [3.63, 3.8) is 0 Å². The van der Waals surface area contributed by atoms with Crippen molar-refractivity contribution in [2.75, 3.05) is 0 Å². The molecular formula is C21H16F2O4. The largest absolute Gasteiger partial charge is 0.507 e. The summed E-state index contributed by atoms with van der Waals surface area (Å²) in [5.41, 5.74) is 0.424. The van der Waals surface area contributed by atoms with Gasteiger partial charge in [0.2, 0.25) is 0 Å². The molecule has 1 unspecified atom stereocenters. The van der Waals surface area contributed by atoms with Crippen LogP contribution < -0.4 is 0 Å². The zero-order chi connectivity index (χ0) is 19.4. The van der Waals surface area contributed by atoms with E-state index in [2.05, 4.69) is 0 Å². The third-order valence-electron chi connectivity index (χ3n) is 4.28. The van der Waals surface area contributed by atoms with Crippen molar-refractivity contribution in [2.45, 2.75) is 18.8 Å². The lowest BCUT2D eigenvalue weighted by Crippen LogP contribution is -2.13. The molecule has 3 aromatic rings. The quantitative estimate of drug-likeness (QED) is 0.601. The fraction of sp³-hybridized carbons (Fsp3) is 0.143. The molecule has 0 aliphatic heterocycles. The third kappa shape index (κ3) is 4.28. The number of rotatable bonds is 7. The van der Waals surface area contributed by atoms with Crippen LogP contribution in [0.1, 0.15) is 45.2 Å². The summed E-state index contributed by atoms with van der Waals surface area (Å²) in [6.45, 7) is 0. The molecule has 0 amide bonds. The number of halogens is 2. The Morgan fingerprint density at radius 1 is 0.926 bits per heavy atom. The first-order valence-electron chi connectivity index (χ1n) is 8.28. The van der Waals surface area contributed by atoms with Crippen molar-refractivity contribution in [2.24, 2.45) is 0 Å². The first kappa shape index (κ1) is 18.5. The van der Waals surface area contributed by atoms with Gasteiger partial charge >= 0.3 is 0 Å². The maximum Gasteiger partial charge on any atom is 0.198 e. The van der Waals surface area contributed by atoms with Crippen molar-refractivity contribution in [1.82, 2.24) is 0 Å². The van der Waals surface area contributed by atoms with Crippen molar-refractivity contribution < 1.29 is 27.9 Å². The van der Waals surface area contributed by atoms with E-state index >= 15 is 0 Å². The van der Waals surface area contributed by atoms with Gasteiger partial charge in [0, 0.05) is 12.8 Å². The monoisotopic (exact) mass is 370 g/mol. The topological polar surface area (TPSA) is 67.5 Å². The second-order valence-corrected chi connectivity index (χ2v) is 6.12. The number of hydrogen-bond donors (Lipinski definition) is 1. The average Bonchev–Trinajstić information content (AvgIpc) is 3.18. The van der Waals surface area contributed by atoms with Crippen LogP contribution in [0.4, 0.5) is 8.78 Å². The fourth-order valence-electron chi connectivity index (χ4n) is 2.88. The molecular weight excluding hydrogens is 354 g/mol. The lowest BCUT2D eigenvalue weighted by atomic mass is 9.87. The Labute approximate surface area is 154 Å². The average molecular weight is 370 g/mol. The van der Waals surface area contributed by atoms with E-state index in [-0.39, 0.29) is 35.7 Å². The van der Waals surface area contributed by atoms with Crippen molar-refractivity contribution in [3.8, 4) is 5.75 Å². The molecule has 1 heterocycles. The molecule has 0 spiro atoms. The number of benzene rings is 2. The van der Waals surface area contributed by atoms with Gasteiger partial charge in [-0.1, -0.05) is 18.2 Å². The maximum absolute atomic E-state index is 13.7. The molecule has 0 fully saturated rings. The van der Waals surface area contributed by atoms with Gasteiger partial charge in [-0.3, -0.25) is 9.59 Å². The molecule has 2 aromatic carbocycles. The van der Waals surface area contributed by atoms with Gasteiger partial charge < -0.3 is 9.52 Å². The van der Waals surface area contributed by atoms with Gasteiger partial charge in [-0.25, -0.2) is 8.78 Å². The van der Waals surface area contributed by atoms with Crippen LogP contribution in [0.2, 0.25) is 0 Å². The first-order chi connectivity index (χ1) is 13.0. The molecule has 0 saturated carbocycles. The van der Waals surface area contributed by atoms with Gasteiger partial charge in [0.1, 0.15) is 5.75 Å². The summed E-state index contributed by atoms with van der Waals surface area (Å²) in [6.07, 6.45) is 1.07. The molecule has 1 N–H and O–H groups in total. The number of phenols is 1. The normalized spacial score (nSPS) is 11.9. The van der Waals surface area contributed by atoms with E-state index in [0.717, 1.165) is 12.1 Å². The molecule has 1 atom stereocenters. The lowest BCUT2D eigenvalue weighted by molar-refractivity contribution is 0.0926. The zero-order valence-corrected chi connectivity index (χ0v) is 14.2. The van der Waals surface area contributed by atoms with Crippen LogP contribution in [-0.4, -0.2) is 16.7 Å². The molecule has 27 heavy (non-hydrogen) atoms. The number of Topliss-reactive ketones (excluding diaryl/α,β-unsaturated/α-hetero) is 2. The number of carbonyl (C=O) groups excluding carboxylic acids is 2. The molecule has 3 rings (SSSR count). The molecule has 4 nitrogen and oxygen atoms in total. The zero-order valence-electron chi connectivity index (χ0n) is 14.2. The number of furan rings is 1. The Kier molecular flexibility index (Phi) is 5.45. The molecule has 1 aromatic heterocycles. The van der Waals surface area contributed by atoms with Crippen molar-refractivity contribution >= 4 is 11.6 Å². The van der Waals surface area contributed by atoms with Gasteiger partial charge in [-0.15, -0.1) is 0 Å². The predicted octanol–water partition coefficient (Wildman–Crippen LogP) is 4.89. The lowest BCUT2D eigenvalue weighted by Gasteiger charge is -2.16. The number of hydrogen-bond acceptors (Lipinski definition) is 4. The third-order valence-corrected chi connectivity index (χ3v) is 4.28. The summed E-state index contributed by atoms with van der Waals surface area (Å²) in [5, 5.41) is 9.86. The summed E-state index contributed by atoms with van der Waals surface area (Å²) in [4.78, 5) is 25.0. The van der Waals surface area contributed by atoms with E-state index in [1.54, 1.807) is 18.2 Å². The summed E-state index contributed by atoms with van der Waals surface area (Å²) in [5.74, 6) is -3.60. The number of carbonyl (C=O) groups is 2. The van der Waals surface area contributed by atoms with E-state index < -0.39 is 23.3 Å². The van der Waals surface area contributed by atoms with Crippen LogP contribution >= 0.6 is 0 Å². The van der Waals surface area contributed by atoms with Crippen molar-refractivity contribution in [1.29, 1.82) is 0 Å². The van der Waals surface area contributed by atoms with Crippen LogP contribution in [0.3, 0.4) is 0 Å². The maximum atomic E-state index is 13.7. The second-order valence-electron chi connectivity index (χ2n) is 6.12. The summed E-state index contributed by atoms with van der Waals surface area (Å²) >= 11 is 0. The smallest absolute Gasteiger partial charge is 0.198 e. The van der Waals surface area contributed by atoms with Gasteiger partial charge in [-0.05, 0) is 47.9 Å². The number of aromatic hydroxyl groups is 1. The molecule has 6 heteroatoms. The van der Waals surface area contributed by atoms with Gasteiger partial charge in [0.25, 0.3) is 0 Å². The second kappa shape index (κ2) is 7.95. The fourth-order valence-corrected chi connectivity index (χ4v) is 2.88. The molecule has 138 valence electrons. The van der Waals surface area contributed by atoms with Crippen LogP contribution in [0.15, 0.2) is 65.3 Å². The van der Waals surface area contributed by atoms with Crippen LogP contribution in [0.25, 0.3) is 0 Å². The Morgan fingerprint density at radius 2 is 1.67 bits per heavy atom. The number of para-hydroxylation sites is 1. The highest BCUT2D eigenvalue weighted by Crippen LogP contribution is 2.30. The first-order valence-corrected chi connectivity index (χ1v) is 8.28. The molecule has 0 aliphatic rings. The van der Waals surface area contributed by atoms with Crippen LogP contribution in [-0.2, 0) is 0 Å². The highest BCUT2D eigenvalue weighted by atomic mass is 19.2. The molecule has 0 saturated heterocycles. The van der Waals surface area contributed by atoms with Crippen LogP contribution in [0.5, 0.6) is 5.75 Å². The Morgan fingerprint density at radius 3 is 2.33 bits per heavy atom. The van der Waals surface area contributed by atoms with E-state index in [1.165, 1.54) is 30.5 Å². The van der Waals surface area contributed by atoms with Gasteiger partial charge in [0.15, 0.2) is 29.0 Å². The number of ketones is 2. The SMILES string of the molecule is O=C(CC(CC(=O)c1ccccc1O)c1ccc(F)c(F)c1)c1ccco1. The standard InChI is InChI=1S/C21H16F2O4/c22-16-8-7-13(10-17(16)23)14(12-20(26)21-6-3-9-27-21)11-19(25)15-4-1-2-5-18(15)24/h1-10,14,24H,11-12H2.